The molecule has 0 radical (unpaired) electrons. The molecule has 2 aromatic rings. The number of hydrogen-bond donors (Lipinski definition) is 1. The average Bonchev–Trinajstić information content (AvgIpc) is 2.27. The highest BCUT2D eigenvalue weighted by Crippen LogP contribution is 2.23. The summed E-state index contributed by atoms with van der Waals surface area (Å²) < 4.78 is 37.0. The fourth-order valence-electron chi connectivity index (χ4n) is 1.74. The van der Waals surface area contributed by atoms with Gasteiger partial charge in [0.25, 0.3) is 0 Å². The lowest BCUT2D eigenvalue weighted by atomic mass is 10.0. The molecule has 0 bridgehead atoms. The molecule has 0 heterocycles. The summed E-state index contributed by atoms with van der Waals surface area (Å²) in [5.41, 5.74) is 5.71. The standard InChI is InChI=1S/C13H12F3N.ClH/c14-13(15,16)12(17)8-9-5-6-10-3-1-2-4-11(10)7-9;/h1-7,12H,8,17H2;1H. The molecular formula is C13H13ClF3N. The van der Waals surface area contributed by atoms with Crippen LogP contribution in [-0.2, 0) is 6.42 Å². The Balaban J connectivity index is 0.00000162. The summed E-state index contributed by atoms with van der Waals surface area (Å²) in [5.74, 6) is 0. The van der Waals surface area contributed by atoms with E-state index in [9.17, 15) is 13.2 Å². The number of rotatable bonds is 2. The molecule has 1 unspecified atom stereocenters. The normalized spacial score (nSPS) is 13.1. The molecule has 0 aromatic heterocycles. The van der Waals surface area contributed by atoms with Crippen molar-refractivity contribution in [2.24, 2.45) is 5.73 Å². The summed E-state index contributed by atoms with van der Waals surface area (Å²) in [6, 6.07) is 11.0. The van der Waals surface area contributed by atoms with E-state index in [1.165, 1.54) is 0 Å². The monoisotopic (exact) mass is 275 g/mol. The van der Waals surface area contributed by atoms with Crippen molar-refractivity contribution in [1.82, 2.24) is 0 Å². The quantitative estimate of drug-likeness (QED) is 0.889. The number of fused-ring (bicyclic) bond motifs is 1. The molecule has 2 N–H and O–H groups in total. The van der Waals surface area contributed by atoms with Crippen molar-refractivity contribution in [2.75, 3.05) is 0 Å². The number of halogens is 4. The van der Waals surface area contributed by atoms with Crippen LogP contribution in [0.15, 0.2) is 42.5 Å². The fraction of sp³-hybridized carbons (Fsp3) is 0.231. The topological polar surface area (TPSA) is 26.0 Å². The van der Waals surface area contributed by atoms with E-state index < -0.39 is 12.2 Å². The SMILES string of the molecule is Cl.NC(Cc1ccc2ccccc2c1)C(F)(F)F. The summed E-state index contributed by atoms with van der Waals surface area (Å²) in [5, 5.41) is 1.94. The molecule has 2 aromatic carbocycles. The van der Waals surface area contributed by atoms with E-state index >= 15 is 0 Å². The molecule has 0 saturated heterocycles. The van der Waals surface area contributed by atoms with Gasteiger partial charge < -0.3 is 5.73 Å². The van der Waals surface area contributed by atoms with Crippen LogP contribution in [0.5, 0.6) is 0 Å². The average molecular weight is 276 g/mol. The van der Waals surface area contributed by atoms with E-state index in [0.29, 0.717) is 5.56 Å². The van der Waals surface area contributed by atoms with E-state index in [-0.39, 0.29) is 18.8 Å². The van der Waals surface area contributed by atoms with Crippen LogP contribution in [-0.4, -0.2) is 12.2 Å². The number of benzene rings is 2. The minimum atomic E-state index is -4.34. The molecule has 2 rings (SSSR count). The lowest BCUT2D eigenvalue weighted by Gasteiger charge is -2.15. The third kappa shape index (κ3) is 3.37. The van der Waals surface area contributed by atoms with Crippen LogP contribution in [0, 0.1) is 0 Å². The molecule has 0 fully saturated rings. The van der Waals surface area contributed by atoms with Crippen molar-refractivity contribution < 1.29 is 13.2 Å². The lowest BCUT2D eigenvalue weighted by Crippen LogP contribution is -2.39. The first-order valence-electron chi connectivity index (χ1n) is 5.27. The molecule has 5 heteroatoms. The van der Waals surface area contributed by atoms with Crippen molar-refractivity contribution in [2.45, 2.75) is 18.6 Å². The Labute approximate surface area is 109 Å². The highest BCUT2D eigenvalue weighted by atomic mass is 35.5. The van der Waals surface area contributed by atoms with Gasteiger partial charge in [-0.1, -0.05) is 42.5 Å². The first-order valence-corrected chi connectivity index (χ1v) is 5.27. The summed E-state index contributed by atoms with van der Waals surface area (Å²) in [4.78, 5) is 0. The second kappa shape index (κ2) is 5.59. The molecule has 0 aliphatic rings. The highest BCUT2D eigenvalue weighted by molar-refractivity contribution is 5.85. The molecule has 98 valence electrons. The smallest absolute Gasteiger partial charge is 0.320 e. The van der Waals surface area contributed by atoms with Gasteiger partial charge in [-0.25, -0.2) is 0 Å². The van der Waals surface area contributed by atoms with Gasteiger partial charge >= 0.3 is 6.18 Å². The van der Waals surface area contributed by atoms with Crippen LogP contribution in [0.4, 0.5) is 13.2 Å². The van der Waals surface area contributed by atoms with Crippen LogP contribution < -0.4 is 5.73 Å². The van der Waals surface area contributed by atoms with Gasteiger partial charge in [-0.05, 0) is 22.8 Å². The van der Waals surface area contributed by atoms with E-state index in [0.717, 1.165) is 10.8 Å². The summed E-state index contributed by atoms with van der Waals surface area (Å²) in [6.45, 7) is 0. The summed E-state index contributed by atoms with van der Waals surface area (Å²) in [6.07, 6.45) is -4.53. The first kappa shape index (κ1) is 14.8. The van der Waals surface area contributed by atoms with Crippen LogP contribution in [0.3, 0.4) is 0 Å². The van der Waals surface area contributed by atoms with Crippen molar-refractivity contribution in [3.63, 3.8) is 0 Å². The Kier molecular flexibility index (Phi) is 4.59. The van der Waals surface area contributed by atoms with Crippen molar-refractivity contribution in [3.8, 4) is 0 Å². The third-order valence-corrected chi connectivity index (χ3v) is 2.69. The maximum absolute atomic E-state index is 12.3. The fourth-order valence-corrected chi connectivity index (χ4v) is 1.74. The molecule has 0 saturated carbocycles. The Hall–Kier alpha value is -1.26. The molecule has 0 aliphatic carbocycles. The van der Waals surface area contributed by atoms with Crippen molar-refractivity contribution >= 4 is 23.2 Å². The molecule has 0 amide bonds. The van der Waals surface area contributed by atoms with Crippen molar-refractivity contribution in [3.05, 3.63) is 48.0 Å². The van der Waals surface area contributed by atoms with Gasteiger partial charge in [0.15, 0.2) is 0 Å². The maximum atomic E-state index is 12.3. The highest BCUT2D eigenvalue weighted by Gasteiger charge is 2.36. The minimum absolute atomic E-state index is 0. The number of nitrogens with two attached hydrogens (primary N) is 1. The number of hydrogen-bond acceptors (Lipinski definition) is 1. The van der Waals surface area contributed by atoms with Crippen LogP contribution in [0.25, 0.3) is 10.8 Å². The van der Waals surface area contributed by atoms with Gasteiger partial charge in [0.05, 0.1) is 0 Å². The minimum Gasteiger partial charge on any atom is -0.320 e. The van der Waals surface area contributed by atoms with Crippen LogP contribution in [0.1, 0.15) is 5.56 Å². The van der Waals surface area contributed by atoms with Crippen molar-refractivity contribution in [1.29, 1.82) is 0 Å². The van der Waals surface area contributed by atoms with Gasteiger partial charge in [-0.3, -0.25) is 0 Å². The lowest BCUT2D eigenvalue weighted by molar-refractivity contribution is -0.147. The maximum Gasteiger partial charge on any atom is 0.403 e. The van der Waals surface area contributed by atoms with Gasteiger partial charge in [0.2, 0.25) is 0 Å². The molecular weight excluding hydrogens is 263 g/mol. The van der Waals surface area contributed by atoms with E-state index in [4.69, 9.17) is 5.73 Å². The zero-order valence-corrected chi connectivity index (χ0v) is 10.3. The van der Waals surface area contributed by atoms with E-state index in [1.54, 1.807) is 12.1 Å². The largest absolute Gasteiger partial charge is 0.403 e. The van der Waals surface area contributed by atoms with E-state index in [2.05, 4.69) is 0 Å². The molecule has 18 heavy (non-hydrogen) atoms. The second-order valence-electron chi connectivity index (χ2n) is 4.03. The van der Waals surface area contributed by atoms with E-state index in [1.807, 2.05) is 30.3 Å². The third-order valence-electron chi connectivity index (χ3n) is 2.69. The Bertz CT molecular complexity index is 525. The Morgan fingerprint density at radius 1 is 1.00 bits per heavy atom. The van der Waals surface area contributed by atoms with Crippen LogP contribution >= 0.6 is 12.4 Å². The van der Waals surface area contributed by atoms with Crippen LogP contribution in [0.2, 0.25) is 0 Å². The zero-order valence-electron chi connectivity index (χ0n) is 9.45. The number of alkyl halides is 3. The summed E-state index contributed by atoms with van der Waals surface area (Å²) >= 11 is 0. The molecule has 1 atom stereocenters. The Morgan fingerprint density at radius 3 is 2.22 bits per heavy atom. The van der Waals surface area contributed by atoms with Gasteiger partial charge in [-0.2, -0.15) is 13.2 Å². The predicted molar refractivity (Wildman–Crippen MR) is 68.9 cm³/mol. The van der Waals surface area contributed by atoms with Gasteiger partial charge in [0.1, 0.15) is 6.04 Å². The first-order chi connectivity index (χ1) is 7.97. The molecule has 0 spiro atoms. The van der Waals surface area contributed by atoms with Gasteiger partial charge in [0, 0.05) is 0 Å². The van der Waals surface area contributed by atoms with Gasteiger partial charge in [-0.15, -0.1) is 12.4 Å². The molecule has 0 aliphatic heterocycles. The predicted octanol–water partition coefficient (Wildman–Crippen LogP) is 3.69. The molecule has 1 nitrogen and oxygen atoms in total. The Morgan fingerprint density at radius 2 is 1.61 bits per heavy atom. The second-order valence-corrected chi connectivity index (χ2v) is 4.03. The zero-order chi connectivity index (χ0) is 12.5. The summed E-state index contributed by atoms with van der Waals surface area (Å²) in [7, 11) is 0.